The van der Waals surface area contributed by atoms with Crippen molar-refractivity contribution in [1.29, 1.82) is 0 Å². The van der Waals surface area contributed by atoms with E-state index in [0.717, 1.165) is 11.1 Å². The van der Waals surface area contributed by atoms with E-state index in [1.54, 1.807) is 39.0 Å². The fraction of sp³-hybridized carbons (Fsp3) is 0.333. The monoisotopic (exact) mass is 349 g/mol. The third-order valence-electron chi connectivity index (χ3n) is 3.88. The summed E-state index contributed by atoms with van der Waals surface area (Å²) in [5.74, 6) is 0.135. The van der Waals surface area contributed by atoms with E-state index in [9.17, 15) is 9.59 Å². The summed E-state index contributed by atoms with van der Waals surface area (Å²) in [6, 6.07) is 5.19. The molecule has 6 heteroatoms. The molecule has 2 aromatic rings. The van der Waals surface area contributed by atoms with Crippen molar-refractivity contribution >= 4 is 29.2 Å². The van der Waals surface area contributed by atoms with Crippen molar-refractivity contribution in [3.05, 3.63) is 51.4 Å². The van der Waals surface area contributed by atoms with Crippen LogP contribution in [-0.2, 0) is 9.53 Å². The summed E-state index contributed by atoms with van der Waals surface area (Å²) >= 11 is 5.93. The van der Waals surface area contributed by atoms with E-state index in [1.807, 2.05) is 6.92 Å². The van der Waals surface area contributed by atoms with Crippen LogP contribution in [0, 0.1) is 27.7 Å². The fourth-order valence-corrected chi connectivity index (χ4v) is 2.50. The summed E-state index contributed by atoms with van der Waals surface area (Å²) in [5, 5.41) is 3.23. The standard InChI is InChI=1S/C18H20ClNO4/c1-9-6-7-14(19)8-15(9)20-17(21)13(5)24-18(22)16-10(2)11(3)23-12(16)4/h6-8,13H,1-5H3,(H,20,21)/t13-/m0/s1. The second kappa shape index (κ2) is 7.09. The van der Waals surface area contributed by atoms with E-state index in [0.29, 0.717) is 27.8 Å². The zero-order valence-electron chi connectivity index (χ0n) is 14.3. The van der Waals surface area contributed by atoms with Crippen LogP contribution >= 0.6 is 11.6 Å². The lowest BCUT2D eigenvalue weighted by atomic mass is 10.1. The summed E-state index contributed by atoms with van der Waals surface area (Å²) in [4.78, 5) is 24.6. The zero-order chi connectivity index (χ0) is 18.0. The lowest BCUT2D eigenvalue weighted by molar-refractivity contribution is -0.123. The normalized spacial score (nSPS) is 11.9. The second-order valence-electron chi connectivity index (χ2n) is 5.71. The van der Waals surface area contributed by atoms with Crippen LogP contribution in [-0.4, -0.2) is 18.0 Å². The van der Waals surface area contributed by atoms with Crippen molar-refractivity contribution in [2.24, 2.45) is 0 Å². The number of aryl methyl sites for hydroxylation is 3. The van der Waals surface area contributed by atoms with Crippen LogP contribution in [0.15, 0.2) is 22.6 Å². The molecule has 0 unspecified atom stereocenters. The van der Waals surface area contributed by atoms with E-state index in [1.165, 1.54) is 6.92 Å². The molecular formula is C18H20ClNO4. The lowest BCUT2D eigenvalue weighted by Crippen LogP contribution is -2.30. The van der Waals surface area contributed by atoms with Crippen LogP contribution in [0.25, 0.3) is 0 Å². The number of hydrogen-bond donors (Lipinski definition) is 1. The van der Waals surface area contributed by atoms with E-state index < -0.39 is 18.0 Å². The van der Waals surface area contributed by atoms with Gasteiger partial charge < -0.3 is 14.5 Å². The highest BCUT2D eigenvalue weighted by Crippen LogP contribution is 2.23. The van der Waals surface area contributed by atoms with Gasteiger partial charge in [-0.1, -0.05) is 17.7 Å². The third kappa shape index (κ3) is 3.79. The molecule has 1 heterocycles. The number of halogens is 1. The van der Waals surface area contributed by atoms with Gasteiger partial charge in [0.25, 0.3) is 5.91 Å². The van der Waals surface area contributed by atoms with Gasteiger partial charge in [-0.3, -0.25) is 4.79 Å². The maximum atomic E-state index is 12.3. The van der Waals surface area contributed by atoms with Gasteiger partial charge in [0.2, 0.25) is 0 Å². The Labute approximate surface area is 145 Å². The van der Waals surface area contributed by atoms with Crippen molar-refractivity contribution < 1.29 is 18.7 Å². The number of carbonyl (C=O) groups is 2. The molecule has 24 heavy (non-hydrogen) atoms. The van der Waals surface area contributed by atoms with Gasteiger partial charge >= 0.3 is 5.97 Å². The molecule has 0 spiro atoms. The van der Waals surface area contributed by atoms with Crippen LogP contribution in [0.2, 0.25) is 5.02 Å². The van der Waals surface area contributed by atoms with Gasteiger partial charge in [-0.25, -0.2) is 4.79 Å². The van der Waals surface area contributed by atoms with Crippen LogP contribution in [0.3, 0.4) is 0 Å². The largest absolute Gasteiger partial charge is 0.465 e. The highest BCUT2D eigenvalue weighted by atomic mass is 35.5. The quantitative estimate of drug-likeness (QED) is 0.833. The molecule has 0 bridgehead atoms. The molecule has 0 aliphatic heterocycles. The lowest BCUT2D eigenvalue weighted by Gasteiger charge is -2.15. The molecule has 0 radical (unpaired) electrons. The van der Waals surface area contributed by atoms with Crippen molar-refractivity contribution in [2.45, 2.75) is 40.7 Å². The van der Waals surface area contributed by atoms with Gasteiger partial charge in [-0.05, 0) is 52.3 Å². The van der Waals surface area contributed by atoms with Gasteiger partial charge in [0.15, 0.2) is 6.10 Å². The molecule has 0 fully saturated rings. The van der Waals surface area contributed by atoms with Gasteiger partial charge in [-0.2, -0.15) is 0 Å². The summed E-state index contributed by atoms with van der Waals surface area (Å²) in [7, 11) is 0. The predicted octanol–water partition coefficient (Wildman–Crippen LogP) is 4.35. The van der Waals surface area contributed by atoms with Gasteiger partial charge in [0.1, 0.15) is 17.1 Å². The summed E-state index contributed by atoms with van der Waals surface area (Å²) in [5.41, 5.74) is 2.53. The number of carbonyl (C=O) groups excluding carboxylic acids is 2. The Balaban J connectivity index is 2.08. The maximum Gasteiger partial charge on any atom is 0.342 e. The van der Waals surface area contributed by atoms with Crippen molar-refractivity contribution in [3.8, 4) is 0 Å². The minimum absolute atomic E-state index is 0.367. The smallest absolute Gasteiger partial charge is 0.342 e. The Morgan fingerprint density at radius 2 is 1.83 bits per heavy atom. The average Bonchev–Trinajstić information content (AvgIpc) is 2.75. The number of ether oxygens (including phenoxy) is 1. The minimum atomic E-state index is -0.954. The SMILES string of the molecule is Cc1ccc(Cl)cc1NC(=O)[C@H](C)OC(=O)c1c(C)oc(C)c1C. The number of nitrogens with one attached hydrogen (secondary N) is 1. The summed E-state index contributed by atoms with van der Waals surface area (Å²) in [6.07, 6.45) is -0.954. The molecule has 1 amide bonds. The van der Waals surface area contributed by atoms with Gasteiger partial charge in [-0.15, -0.1) is 0 Å². The first-order valence-electron chi connectivity index (χ1n) is 7.55. The van der Waals surface area contributed by atoms with Crippen LogP contribution in [0.4, 0.5) is 5.69 Å². The highest BCUT2D eigenvalue weighted by molar-refractivity contribution is 6.31. The van der Waals surface area contributed by atoms with Crippen molar-refractivity contribution in [1.82, 2.24) is 0 Å². The first-order valence-corrected chi connectivity index (χ1v) is 7.93. The van der Waals surface area contributed by atoms with E-state index in [4.69, 9.17) is 20.8 Å². The van der Waals surface area contributed by atoms with Crippen LogP contribution in [0.1, 0.15) is 39.9 Å². The van der Waals surface area contributed by atoms with E-state index in [-0.39, 0.29) is 0 Å². The molecule has 1 atom stereocenters. The average molecular weight is 350 g/mol. The Hall–Kier alpha value is -2.27. The molecule has 1 aromatic carbocycles. The first kappa shape index (κ1) is 18.1. The highest BCUT2D eigenvalue weighted by Gasteiger charge is 2.24. The summed E-state index contributed by atoms with van der Waals surface area (Å²) < 4.78 is 10.7. The van der Waals surface area contributed by atoms with Crippen molar-refractivity contribution in [2.75, 3.05) is 5.32 Å². The maximum absolute atomic E-state index is 12.3. The topological polar surface area (TPSA) is 68.5 Å². The Bertz CT molecular complexity index is 795. The molecule has 0 saturated carbocycles. The zero-order valence-corrected chi connectivity index (χ0v) is 15.1. The van der Waals surface area contributed by atoms with Crippen LogP contribution in [0.5, 0.6) is 0 Å². The Morgan fingerprint density at radius 1 is 1.17 bits per heavy atom. The molecule has 1 aromatic heterocycles. The number of benzene rings is 1. The fourth-order valence-electron chi connectivity index (χ4n) is 2.33. The third-order valence-corrected chi connectivity index (χ3v) is 4.11. The predicted molar refractivity (Wildman–Crippen MR) is 92.6 cm³/mol. The van der Waals surface area contributed by atoms with Gasteiger partial charge in [0, 0.05) is 16.3 Å². The van der Waals surface area contributed by atoms with Gasteiger partial charge in [0.05, 0.1) is 0 Å². The number of esters is 1. The Morgan fingerprint density at radius 3 is 2.42 bits per heavy atom. The molecule has 0 aliphatic rings. The molecule has 0 saturated heterocycles. The number of hydrogen-bond acceptors (Lipinski definition) is 4. The van der Waals surface area contributed by atoms with Crippen molar-refractivity contribution in [3.63, 3.8) is 0 Å². The molecule has 1 N–H and O–H groups in total. The molecule has 5 nitrogen and oxygen atoms in total. The van der Waals surface area contributed by atoms with E-state index in [2.05, 4.69) is 5.32 Å². The number of anilines is 1. The van der Waals surface area contributed by atoms with Crippen LogP contribution < -0.4 is 5.32 Å². The van der Waals surface area contributed by atoms with E-state index >= 15 is 0 Å². The first-order chi connectivity index (χ1) is 11.2. The molecule has 0 aliphatic carbocycles. The number of furan rings is 1. The number of amides is 1. The minimum Gasteiger partial charge on any atom is -0.465 e. The number of rotatable bonds is 4. The summed E-state index contributed by atoms with van der Waals surface area (Å²) in [6.45, 7) is 8.62. The molecule has 2 rings (SSSR count). The molecular weight excluding hydrogens is 330 g/mol. The molecule has 128 valence electrons. The Kier molecular flexibility index (Phi) is 5.34. The second-order valence-corrected chi connectivity index (χ2v) is 6.15.